The van der Waals surface area contributed by atoms with Gasteiger partial charge in [0.1, 0.15) is 5.60 Å². The quantitative estimate of drug-likeness (QED) is 0.881. The molecule has 1 aromatic rings. The summed E-state index contributed by atoms with van der Waals surface area (Å²) in [5, 5.41) is 12.8. The normalized spacial score (nSPS) is 16.8. The lowest BCUT2D eigenvalue weighted by atomic mass is 10.0. The Bertz CT molecular complexity index is 473. The van der Waals surface area contributed by atoms with Crippen LogP contribution in [0.2, 0.25) is 0 Å². The van der Waals surface area contributed by atoms with E-state index in [0.717, 1.165) is 24.0 Å². The van der Waals surface area contributed by atoms with Gasteiger partial charge in [-0.2, -0.15) is 0 Å². The Kier molecular flexibility index (Phi) is 3.54. The second-order valence-corrected chi connectivity index (χ2v) is 6.09. The highest BCUT2D eigenvalue weighted by Crippen LogP contribution is 2.45. The van der Waals surface area contributed by atoms with Crippen molar-refractivity contribution in [2.45, 2.75) is 51.4 Å². The summed E-state index contributed by atoms with van der Waals surface area (Å²) in [7, 11) is 0. The lowest BCUT2D eigenvalue weighted by Crippen LogP contribution is -2.32. The monoisotopic (exact) mass is 263 g/mol. The highest BCUT2D eigenvalue weighted by atomic mass is 16.6. The number of aliphatic hydroxyl groups is 1. The number of carbonyl (C=O) groups is 1. The van der Waals surface area contributed by atoms with Crippen LogP contribution in [0.15, 0.2) is 24.3 Å². The van der Waals surface area contributed by atoms with Gasteiger partial charge in [-0.05, 0) is 44.7 Å². The molecule has 0 radical (unpaired) electrons. The molecule has 19 heavy (non-hydrogen) atoms. The summed E-state index contributed by atoms with van der Waals surface area (Å²) < 4.78 is 5.17. The van der Waals surface area contributed by atoms with E-state index in [1.165, 1.54) is 0 Å². The van der Waals surface area contributed by atoms with Crippen molar-refractivity contribution in [3.05, 3.63) is 35.4 Å². The van der Waals surface area contributed by atoms with Crippen LogP contribution in [0.25, 0.3) is 0 Å². The number of hydrogen-bond acceptors (Lipinski definition) is 3. The summed E-state index contributed by atoms with van der Waals surface area (Å²) in [6.45, 7) is 5.89. The molecule has 0 spiro atoms. The number of carbonyl (C=O) groups excluding carboxylic acids is 1. The van der Waals surface area contributed by atoms with E-state index in [1.807, 2.05) is 45.0 Å². The van der Waals surface area contributed by atoms with Crippen molar-refractivity contribution in [3.63, 3.8) is 0 Å². The predicted octanol–water partition coefficient (Wildman–Crippen LogP) is 2.69. The molecule has 1 aromatic carbocycles. The Morgan fingerprint density at radius 1 is 1.42 bits per heavy atom. The van der Waals surface area contributed by atoms with Gasteiger partial charge in [0.15, 0.2) is 0 Å². The average Bonchev–Trinajstić information content (AvgIpc) is 3.04. The maximum atomic E-state index is 11.5. The highest BCUT2D eigenvalue weighted by molar-refractivity contribution is 5.67. The summed E-state index contributed by atoms with van der Waals surface area (Å²) in [6, 6.07) is 7.68. The number of nitrogens with one attached hydrogen (secondary N) is 1. The molecule has 0 bridgehead atoms. The summed E-state index contributed by atoms with van der Waals surface area (Å²) in [5.74, 6) is 0. The Labute approximate surface area is 113 Å². The van der Waals surface area contributed by atoms with Crippen molar-refractivity contribution < 1.29 is 14.6 Å². The van der Waals surface area contributed by atoms with Gasteiger partial charge in [0.2, 0.25) is 0 Å². The third kappa shape index (κ3) is 3.96. The summed E-state index contributed by atoms with van der Waals surface area (Å²) in [6.07, 6.45) is 1.20. The maximum absolute atomic E-state index is 11.5. The Balaban J connectivity index is 1.91. The van der Waals surface area contributed by atoms with Crippen LogP contribution < -0.4 is 5.32 Å². The molecule has 2 N–H and O–H groups in total. The first kappa shape index (κ1) is 13.9. The fraction of sp³-hybridized carbons (Fsp3) is 0.533. The molecule has 2 rings (SSSR count). The number of alkyl carbamates (subject to hydrolysis) is 1. The standard InChI is InChI=1S/C15H21NO3/c1-14(2,3)19-13(17)16-10-11-5-4-6-12(9-11)15(18)7-8-15/h4-6,9,18H,7-8,10H2,1-3H3,(H,16,17). The Morgan fingerprint density at radius 2 is 2.11 bits per heavy atom. The lowest BCUT2D eigenvalue weighted by molar-refractivity contribution is 0.0523. The molecule has 104 valence electrons. The predicted molar refractivity (Wildman–Crippen MR) is 72.6 cm³/mol. The van der Waals surface area contributed by atoms with Crippen LogP contribution in [-0.2, 0) is 16.9 Å². The molecular weight excluding hydrogens is 242 g/mol. The van der Waals surface area contributed by atoms with E-state index in [2.05, 4.69) is 5.32 Å². The van der Waals surface area contributed by atoms with E-state index in [1.54, 1.807) is 0 Å². The molecule has 0 aliphatic heterocycles. The fourth-order valence-corrected chi connectivity index (χ4v) is 1.87. The molecule has 1 saturated carbocycles. The number of amides is 1. The number of hydrogen-bond donors (Lipinski definition) is 2. The van der Waals surface area contributed by atoms with Crippen molar-refractivity contribution in [2.75, 3.05) is 0 Å². The number of rotatable bonds is 3. The molecule has 0 unspecified atom stereocenters. The minimum Gasteiger partial charge on any atom is -0.444 e. The second-order valence-electron chi connectivity index (χ2n) is 6.09. The zero-order valence-corrected chi connectivity index (χ0v) is 11.7. The minimum absolute atomic E-state index is 0.402. The van der Waals surface area contributed by atoms with Gasteiger partial charge in [-0.25, -0.2) is 4.79 Å². The van der Waals surface area contributed by atoms with E-state index in [9.17, 15) is 9.90 Å². The topological polar surface area (TPSA) is 58.6 Å². The maximum Gasteiger partial charge on any atom is 0.407 e. The van der Waals surface area contributed by atoms with Crippen molar-refractivity contribution in [3.8, 4) is 0 Å². The highest BCUT2D eigenvalue weighted by Gasteiger charge is 2.41. The molecule has 0 aromatic heterocycles. The van der Waals surface area contributed by atoms with Crippen LogP contribution in [0.3, 0.4) is 0 Å². The first-order valence-corrected chi connectivity index (χ1v) is 6.57. The first-order chi connectivity index (χ1) is 8.78. The molecule has 1 aliphatic rings. The van der Waals surface area contributed by atoms with Crippen molar-refractivity contribution in [1.82, 2.24) is 5.32 Å². The van der Waals surface area contributed by atoms with E-state index in [-0.39, 0.29) is 0 Å². The van der Waals surface area contributed by atoms with Crippen molar-refractivity contribution in [2.24, 2.45) is 0 Å². The minimum atomic E-state index is -0.637. The van der Waals surface area contributed by atoms with Gasteiger partial charge >= 0.3 is 6.09 Å². The first-order valence-electron chi connectivity index (χ1n) is 6.57. The van der Waals surface area contributed by atoms with Gasteiger partial charge in [-0.3, -0.25) is 0 Å². The molecule has 0 heterocycles. The van der Waals surface area contributed by atoms with Crippen LogP contribution in [0.4, 0.5) is 4.79 Å². The second kappa shape index (κ2) is 4.85. The van der Waals surface area contributed by atoms with Gasteiger partial charge in [0, 0.05) is 6.54 Å². The van der Waals surface area contributed by atoms with Gasteiger partial charge in [-0.1, -0.05) is 24.3 Å². The molecule has 0 saturated heterocycles. The Morgan fingerprint density at radius 3 is 2.68 bits per heavy atom. The van der Waals surface area contributed by atoms with Gasteiger partial charge in [0.05, 0.1) is 5.60 Å². The van der Waals surface area contributed by atoms with E-state index >= 15 is 0 Å². The van der Waals surface area contributed by atoms with Gasteiger partial charge in [0.25, 0.3) is 0 Å². The zero-order valence-electron chi connectivity index (χ0n) is 11.7. The molecule has 1 amide bonds. The lowest BCUT2D eigenvalue weighted by Gasteiger charge is -2.19. The van der Waals surface area contributed by atoms with E-state index < -0.39 is 17.3 Å². The third-order valence-electron chi connectivity index (χ3n) is 3.02. The molecule has 1 fully saturated rings. The van der Waals surface area contributed by atoms with E-state index in [4.69, 9.17) is 4.74 Å². The molecule has 4 heteroatoms. The molecular formula is C15H21NO3. The SMILES string of the molecule is CC(C)(C)OC(=O)NCc1cccc(C2(O)CC2)c1. The summed E-state index contributed by atoms with van der Waals surface area (Å²) >= 11 is 0. The largest absolute Gasteiger partial charge is 0.444 e. The zero-order chi connectivity index (χ0) is 14.1. The van der Waals surface area contributed by atoms with E-state index in [0.29, 0.717) is 6.54 Å². The van der Waals surface area contributed by atoms with Crippen LogP contribution in [0.1, 0.15) is 44.7 Å². The van der Waals surface area contributed by atoms with Crippen LogP contribution in [-0.4, -0.2) is 16.8 Å². The van der Waals surface area contributed by atoms with Gasteiger partial charge < -0.3 is 15.2 Å². The van der Waals surface area contributed by atoms with Crippen LogP contribution in [0, 0.1) is 0 Å². The Hall–Kier alpha value is -1.55. The third-order valence-corrected chi connectivity index (χ3v) is 3.02. The van der Waals surface area contributed by atoms with Crippen LogP contribution in [0.5, 0.6) is 0 Å². The average molecular weight is 263 g/mol. The van der Waals surface area contributed by atoms with Crippen molar-refractivity contribution >= 4 is 6.09 Å². The van der Waals surface area contributed by atoms with Crippen molar-refractivity contribution in [1.29, 1.82) is 0 Å². The fourth-order valence-electron chi connectivity index (χ4n) is 1.87. The van der Waals surface area contributed by atoms with Gasteiger partial charge in [-0.15, -0.1) is 0 Å². The molecule has 0 atom stereocenters. The number of ether oxygens (including phenoxy) is 1. The summed E-state index contributed by atoms with van der Waals surface area (Å²) in [5.41, 5.74) is 0.761. The molecule has 1 aliphatic carbocycles. The smallest absolute Gasteiger partial charge is 0.407 e. The molecule has 4 nitrogen and oxygen atoms in total. The van der Waals surface area contributed by atoms with Crippen LogP contribution >= 0.6 is 0 Å². The number of benzene rings is 1. The summed E-state index contributed by atoms with van der Waals surface area (Å²) in [4.78, 5) is 11.5.